The van der Waals surface area contributed by atoms with Crippen molar-refractivity contribution >= 4 is 0 Å². The van der Waals surface area contributed by atoms with Crippen LogP contribution in [-0.4, -0.2) is 41.7 Å². The Morgan fingerprint density at radius 1 is 1.04 bits per heavy atom. The van der Waals surface area contributed by atoms with E-state index in [2.05, 4.69) is 35.9 Å². The Kier molecular flexibility index (Phi) is 5.59. The standard InChI is InChI=1S/C20H25FN2O/c1-15-13-23(14-16(2)24-15)12-9-20(18-7-10-22-11-8-18)17-3-5-19(21)6-4-17/h3-8,10-11,15-16,20H,9,12-14H2,1-2H3. The lowest BCUT2D eigenvalue weighted by molar-refractivity contribution is -0.0682. The first-order chi connectivity index (χ1) is 11.6. The summed E-state index contributed by atoms with van der Waals surface area (Å²) < 4.78 is 19.1. The molecular formula is C20H25FN2O. The number of pyridine rings is 1. The summed E-state index contributed by atoms with van der Waals surface area (Å²) in [5.74, 6) is 0.0603. The average molecular weight is 328 g/mol. The Labute approximate surface area is 143 Å². The molecule has 1 aliphatic rings. The van der Waals surface area contributed by atoms with Gasteiger partial charge in [-0.15, -0.1) is 0 Å². The predicted molar refractivity (Wildman–Crippen MR) is 93.5 cm³/mol. The van der Waals surface area contributed by atoms with Crippen molar-refractivity contribution in [3.63, 3.8) is 0 Å². The van der Waals surface area contributed by atoms with Gasteiger partial charge in [0.25, 0.3) is 0 Å². The molecule has 1 fully saturated rings. The number of halogens is 1. The molecule has 0 bridgehead atoms. The van der Waals surface area contributed by atoms with Gasteiger partial charge in [0.15, 0.2) is 0 Å². The van der Waals surface area contributed by atoms with Crippen LogP contribution < -0.4 is 0 Å². The van der Waals surface area contributed by atoms with Crippen molar-refractivity contribution in [1.82, 2.24) is 9.88 Å². The van der Waals surface area contributed by atoms with Gasteiger partial charge in [0.2, 0.25) is 0 Å². The van der Waals surface area contributed by atoms with Gasteiger partial charge >= 0.3 is 0 Å². The van der Waals surface area contributed by atoms with E-state index in [4.69, 9.17) is 4.74 Å². The normalized spacial score (nSPS) is 23.1. The number of benzene rings is 1. The Morgan fingerprint density at radius 2 is 1.62 bits per heavy atom. The van der Waals surface area contributed by atoms with Crippen LogP contribution >= 0.6 is 0 Å². The van der Waals surface area contributed by atoms with Crippen molar-refractivity contribution in [2.24, 2.45) is 0 Å². The van der Waals surface area contributed by atoms with E-state index in [1.807, 2.05) is 24.5 Å². The minimum Gasteiger partial charge on any atom is -0.373 e. The third-order valence-corrected chi connectivity index (χ3v) is 4.61. The number of aromatic nitrogens is 1. The van der Waals surface area contributed by atoms with Crippen molar-refractivity contribution in [1.29, 1.82) is 0 Å². The van der Waals surface area contributed by atoms with Crippen LogP contribution in [0.3, 0.4) is 0 Å². The topological polar surface area (TPSA) is 25.4 Å². The molecule has 0 spiro atoms. The smallest absolute Gasteiger partial charge is 0.123 e. The summed E-state index contributed by atoms with van der Waals surface area (Å²) in [5, 5.41) is 0. The van der Waals surface area contributed by atoms with Gasteiger partial charge < -0.3 is 4.74 Å². The summed E-state index contributed by atoms with van der Waals surface area (Å²) in [4.78, 5) is 6.59. The quantitative estimate of drug-likeness (QED) is 0.833. The molecule has 3 rings (SSSR count). The zero-order valence-electron chi connectivity index (χ0n) is 14.4. The zero-order chi connectivity index (χ0) is 16.9. The van der Waals surface area contributed by atoms with E-state index in [0.29, 0.717) is 0 Å². The van der Waals surface area contributed by atoms with Crippen LogP contribution in [0.2, 0.25) is 0 Å². The van der Waals surface area contributed by atoms with Gasteiger partial charge in [0.1, 0.15) is 5.82 Å². The van der Waals surface area contributed by atoms with Crippen LogP contribution in [0.15, 0.2) is 48.8 Å². The maximum Gasteiger partial charge on any atom is 0.123 e. The number of rotatable bonds is 5. The predicted octanol–water partition coefficient (Wildman–Crippen LogP) is 3.85. The molecule has 1 aromatic carbocycles. The number of hydrogen-bond acceptors (Lipinski definition) is 3. The van der Waals surface area contributed by atoms with E-state index in [0.717, 1.165) is 31.6 Å². The van der Waals surface area contributed by atoms with Gasteiger partial charge in [0, 0.05) is 31.4 Å². The average Bonchev–Trinajstić information content (AvgIpc) is 2.57. The van der Waals surface area contributed by atoms with Gasteiger partial charge in [-0.1, -0.05) is 12.1 Å². The van der Waals surface area contributed by atoms with Gasteiger partial charge in [-0.05, 0) is 62.2 Å². The van der Waals surface area contributed by atoms with Crippen LogP contribution in [0.25, 0.3) is 0 Å². The molecule has 1 aliphatic heterocycles. The van der Waals surface area contributed by atoms with E-state index in [1.165, 1.54) is 5.56 Å². The Balaban J connectivity index is 1.74. The lowest BCUT2D eigenvalue weighted by atomic mass is 9.89. The molecule has 4 heteroatoms. The Bertz CT molecular complexity index is 622. The fourth-order valence-electron chi connectivity index (χ4n) is 3.60. The molecule has 0 amide bonds. The lowest BCUT2D eigenvalue weighted by Gasteiger charge is -2.36. The Hall–Kier alpha value is -1.78. The minimum absolute atomic E-state index is 0.192. The van der Waals surface area contributed by atoms with Gasteiger partial charge in [0.05, 0.1) is 12.2 Å². The zero-order valence-corrected chi connectivity index (χ0v) is 14.4. The molecule has 0 radical (unpaired) electrons. The second-order valence-corrected chi connectivity index (χ2v) is 6.69. The highest BCUT2D eigenvalue weighted by molar-refractivity contribution is 5.31. The highest BCUT2D eigenvalue weighted by Gasteiger charge is 2.23. The number of morpholine rings is 1. The third-order valence-electron chi connectivity index (χ3n) is 4.61. The van der Waals surface area contributed by atoms with E-state index in [-0.39, 0.29) is 23.9 Å². The first kappa shape index (κ1) is 17.1. The van der Waals surface area contributed by atoms with E-state index in [9.17, 15) is 4.39 Å². The van der Waals surface area contributed by atoms with Crippen LogP contribution in [0.1, 0.15) is 37.3 Å². The number of nitrogens with zero attached hydrogens (tertiary/aromatic N) is 2. The molecule has 3 nitrogen and oxygen atoms in total. The third kappa shape index (κ3) is 4.40. The molecule has 3 atom stereocenters. The summed E-state index contributed by atoms with van der Waals surface area (Å²) >= 11 is 0. The second-order valence-electron chi connectivity index (χ2n) is 6.69. The van der Waals surface area contributed by atoms with Crippen LogP contribution in [0.4, 0.5) is 4.39 Å². The van der Waals surface area contributed by atoms with Crippen molar-refractivity contribution < 1.29 is 9.13 Å². The minimum atomic E-state index is -0.192. The first-order valence-electron chi connectivity index (χ1n) is 8.65. The molecule has 128 valence electrons. The SMILES string of the molecule is CC1CN(CCC(c2ccncc2)c2ccc(F)cc2)CC(C)O1. The molecule has 2 heterocycles. The van der Waals surface area contributed by atoms with Gasteiger partial charge in [-0.3, -0.25) is 9.88 Å². The van der Waals surface area contributed by atoms with E-state index >= 15 is 0 Å². The second kappa shape index (κ2) is 7.86. The van der Waals surface area contributed by atoms with E-state index in [1.54, 1.807) is 12.1 Å². The summed E-state index contributed by atoms with van der Waals surface area (Å²) in [6.45, 7) is 7.20. The monoisotopic (exact) mass is 328 g/mol. The summed E-state index contributed by atoms with van der Waals surface area (Å²) in [5.41, 5.74) is 2.38. The fraction of sp³-hybridized carbons (Fsp3) is 0.450. The maximum atomic E-state index is 13.3. The summed E-state index contributed by atoms with van der Waals surface area (Å²) in [7, 11) is 0. The molecule has 24 heavy (non-hydrogen) atoms. The van der Waals surface area contributed by atoms with Crippen LogP contribution in [0, 0.1) is 5.82 Å². The molecule has 0 aliphatic carbocycles. The largest absolute Gasteiger partial charge is 0.373 e. The highest BCUT2D eigenvalue weighted by Crippen LogP contribution is 2.28. The molecule has 0 N–H and O–H groups in total. The van der Waals surface area contributed by atoms with Crippen molar-refractivity contribution in [3.8, 4) is 0 Å². The molecular weight excluding hydrogens is 303 g/mol. The fourth-order valence-corrected chi connectivity index (χ4v) is 3.60. The molecule has 1 aromatic heterocycles. The van der Waals surface area contributed by atoms with Crippen molar-refractivity contribution in [2.75, 3.05) is 19.6 Å². The maximum absolute atomic E-state index is 13.3. The van der Waals surface area contributed by atoms with Crippen LogP contribution in [0.5, 0.6) is 0 Å². The van der Waals surface area contributed by atoms with Gasteiger partial charge in [-0.2, -0.15) is 0 Å². The van der Waals surface area contributed by atoms with Crippen molar-refractivity contribution in [2.45, 2.75) is 38.4 Å². The van der Waals surface area contributed by atoms with E-state index < -0.39 is 0 Å². The Morgan fingerprint density at radius 3 is 2.25 bits per heavy atom. The summed E-state index contributed by atoms with van der Waals surface area (Å²) in [6.07, 6.45) is 5.20. The molecule has 1 saturated heterocycles. The molecule has 3 unspecified atom stereocenters. The molecule has 0 saturated carbocycles. The lowest BCUT2D eigenvalue weighted by Crippen LogP contribution is -2.45. The highest BCUT2D eigenvalue weighted by atomic mass is 19.1. The van der Waals surface area contributed by atoms with Gasteiger partial charge in [-0.25, -0.2) is 4.39 Å². The number of hydrogen-bond donors (Lipinski definition) is 0. The number of ether oxygens (including phenoxy) is 1. The summed E-state index contributed by atoms with van der Waals surface area (Å²) in [6, 6.07) is 11.0. The first-order valence-corrected chi connectivity index (χ1v) is 8.65. The molecule has 2 aromatic rings. The van der Waals surface area contributed by atoms with Crippen LogP contribution in [-0.2, 0) is 4.74 Å². The van der Waals surface area contributed by atoms with Crippen molar-refractivity contribution in [3.05, 3.63) is 65.7 Å².